The number of aromatic nitrogens is 1. The van der Waals surface area contributed by atoms with Crippen LogP contribution in [0.4, 0.5) is 26.3 Å². The van der Waals surface area contributed by atoms with E-state index in [9.17, 15) is 26.3 Å². The summed E-state index contributed by atoms with van der Waals surface area (Å²) in [6.45, 7) is -0.983. The van der Waals surface area contributed by atoms with Gasteiger partial charge in [-0.25, -0.2) is 4.98 Å². The Labute approximate surface area is 111 Å². The fraction of sp³-hybridized carbons (Fsp3) is 0.444. The average molecular weight is 354 g/mol. The van der Waals surface area contributed by atoms with Crippen molar-refractivity contribution in [3.05, 3.63) is 23.0 Å². The van der Waals surface area contributed by atoms with Gasteiger partial charge < -0.3 is 9.84 Å². The molecule has 19 heavy (non-hydrogen) atoms. The van der Waals surface area contributed by atoms with Gasteiger partial charge >= 0.3 is 12.5 Å². The highest BCUT2D eigenvalue weighted by atomic mass is 79.9. The molecule has 0 aliphatic carbocycles. The Hall–Kier alpha value is -1.03. The summed E-state index contributed by atoms with van der Waals surface area (Å²) in [5, 5.41) is 8.49. The molecule has 0 aromatic carbocycles. The quantitative estimate of drug-likeness (QED) is 0.669. The summed E-state index contributed by atoms with van der Waals surface area (Å²) in [4.78, 5) is 3.32. The van der Waals surface area contributed by atoms with Gasteiger partial charge in [-0.2, -0.15) is 13.2 Å². The van der Waals surface area contributed by atoms with E-state index in [0.717, 1.165) is 0 Å². The zero-order chi connectivity index (χ0) is 14.8. The monoisotopic (exact) mass is 353 g/mol. The second kappa shape index (κ2) is 5.53. The van der Waals surface area contributed by atoms with Crippen molar-refractivity contribution in [2.75, 3.05) is 0 Å². The van der Waals surface area contributed by atoms with Crippen molar-refractivity contribution < 1.29 is 36.2 Å². The molecule has 0 spiro atoms. The molecule has 0 saturated heterocycles. The van der Waals surface area contributed by atoms with Gasteiger partial charge in [0.15, 0.2) is 5.75 Å². The van der Waals surface area contributed by atoms with Crippen LogP contribution in [0.1, 0.15) is 17.0 Å². The summed E-state index contributed by atoms with van der Waals surface area (Å²) in [5.41, 5.74) is -2.52. The van der Waals surface area contributed by atoms with Crippen LogP contribution in [0, 0.1) is 0 Å². The highest BCUT2D eigenvalue weighted by molar-refractivity contribution is 9.08. The Kier molecular flexibility index (Phi) is 4.67. The lowest BCUT2D eigenvalue weighted by Crippen LogP contribution is -2.20. The van der Waals surface area contributed by atoms with Crippen LogP contribution < -0.4 is 4.74 Å². The van der Waals surface area contributed by atoms with Gasteiger partial charge in [0.25, 0.3) is 0 Å². The first-order valence-corrected chi connectivity index (χ1v) is 5.73. The molecule has 0 aliphatic heterocycles. The maximum absolute atomic E-state index is 12.6. The van der Waals surface area contributed by atoms with Gasteiger partial charge in [0.1, 0.15) is 5.69 Å². The summed E-state index contributed by atoms with van der Waals surface area (Å²) in [7, 11) is 0. The largest absolute Gasteiger partial charge is 0.573 e. The molecule has 0 aliphatic rings. The van der Waals surface area contributed by atoms with Gasteiger partial charge in [-0.1, -0.05) is 15.9 Å². The van der Waals surface area contributed by atoms with Crippen LogP contribution in [-0.4, -0.2) is 16.5 Å². The second-order valence-corrected chi connectivity index (χ2v) is 3.83. The molecular formula is C9H6BrF6NO2. The third kappa shape index (κ3) is 4.23. The van der Waals surface area contributed by atoms with Gasteiger partial charge in [-0.3, -0.25) is 0 Å². The minimum Gasteiger partial charge on any atom is -0.404 e. The summed E-state index contributed by atoms with van der Waals surface area (Å²) < 4.78 is 77.4. The third-order valence-electron chi connectivity index (χ3n) is 1.95. The Morgan fingerprint density at radius 1 is 1.16 bits per heavy atom. The van der Waals surface area contributed by atoms with Crippen LogP contribution in [0.15, 0.2) is 6.07 Å². The number of aliphatic hydroxyl groups is 1. The number of halogens is 7. The predicted octanol–water partition coefficient (Wildman–Crippen LogP) is 3.39. The normalized spacial score (nSPS) is 12.6. The Bertz CT molecular complexity index is 459. The summed E-state index contributed by atoms with van der Waals surface area (Å²) in [6.07, 6.45) is -10.1. The number of pyridine rings is 1. The van der Waals surface area contributed by atoms with Crippen LogP contribution in [0.3, 0.4) is 0 Å². The SMILES string of the molecule is OCc1nc(CBr)c(C(F)(F)F)cc1OC(F)(F)F. The first-order valence-electron chi connectivity index (χ1n) is 4.61. The van der Waals surface area contributed by atoms with Crippen molar-refractivity contribution in [3.8, 4) is 5.75 Å². The molecule has 0 atom stereocenters. The minimum absolute atomic E-state index is 0.169. The van der Waals surface area contributed by atoms with Gasteiger partial charge in [0.05, 0.1) is 17.9 Å². The second-order valence-electron chi connectivity index (χ2n) is 3.26. The fourth-order valence-electron chi connectivity index (χ4n) is 1.25. The first kappa shape index (κ1) is 16.0. The van der Waals surface area contributed by atoms with Crippen LogP contribution in [0.2, 0.25) is 0 Å². The minimum atomic E-state index is -5.18. The van der Waals surface area contributed by atoms with E-state index in [0.29, 0.717) is 0 Å². The summed E-state index contributed by atoms with van der Waals surface area (Å²) in [6, 6.07) is 0.169. The zero-order valence-electron chi connectivity index (χ0n) is 8.94. The first-order chi connectivity index (χ1) is 8.58. The fourth-order valence-corrected chi connectivity index (χ4v) is 1.68. The van der Waals surface area contributed by atoms with E-state index in [1.165, 1.54) is 0 Å². The number of alkyl halides is 7. The maximum atomic E-state index is 12.6. The molecule has 0 bridgehead atoms. The lowest BCUT2D eigenvalue weighted by atomic mass is 10.1. The van der Waals surface area contributed by atoms with Crippen LogP contribution in [0.5, 0.6) is 5.75 Å². The van der Waals surface area contributed by atoms with Gasteiger partial charge in [-0.15, -0.1) is 13.2 Å². The number of hydrogen-bond donors (Lipinski definition) is 1. The van der Waals surface area contributed by atoms with Gasteiger partial charge in [-0.05, 0) is 6.07 Å². The molecule has 0 amide bonds. The Balaban J connectivity index is 3.38. The van der Waals surface area contributed by atoms with E-state index in [-0.39, 0.29) is 11.4 Å². The third-order valence-corrected chi connectivity index (χ3v) is 2.48. The van der Waals surface area contributed by atoms with Crippen molar-refractivity contribution >= 4 is 15.9 Å². The van der Waals surface area contributed by atoms with Crippen LogP contribution >= 0.6 is 15.9 Å². The number of hydrogen-bond acceptors (Lipinski definition) is 3. The molecule has 1 rings (SSSR count). The molecule has 1 aromatic heterocycles. The van der Waals surface area contributed by atoms with E-state index in [4.69, 9.17) is 5.11 Å². The average Bonchev–Trinajstić information content (AvgIpc) is 2.25. The smallest absolute Gasteiger partial charge is 0.404 e. The Morgan fingerprint density at radius 3 is 2.11 bits per heavy atom. The summed E-state index contributed by atoms with van der Waals surface area (Å²) in [5.74, 6) is -1.17. The molecule has 10 heteroatoms. The van der Waals surface area contributed by atoms with Gasteiger partial charge in [0.2, 0.25) is 0 Å². The molecule has 3 nitrogen and oxygen atoms in total. The van der Waals surface area contributed by atoms with Crippen molar-refractivity contribution in [1.82, 2.24) is 4.98 Å². The van der Waals surface area contributed by atoms with E-state index < -0.39 is 41.8 Å². The van der Waals surface area contributed by atoms with E-state index in [1.54, 1.807) is 0 Å². The molecule has 0 saturated carbocycles. The zero-order valence-corrected chi connectivity index (χ0v) is 10.5. The molecule has 0 unspecified atom stereocenters. The van der Waals surface area contributed by atoms with Crippen molar-refractivity contribution in [3.63, 3.8) is 0 Å². The lowest BCUT2D eigenvalue weighted by Gasteiger charge is -2.16. The van der Waals surface area contributed by atoms with Crippen molar-refractivity contribution in [2.24, 2.45) is 0 Å². The molecule has 1 N–H and O–H groups in total. The topological polar surface area (TPSA) is 42.4 Å². The van der Waals surface area contributed by atoms with Crippen molar-refractivity contribution in [2.45, 2.75) is 24.5 Å². The highest BCUT2D eigenvalue weighted by Crippen LogP contribution is 2.37. The van der Waals surface area contributed by atoms with E-state index >= 15 is 0 Å². The predicted molar refractivity (Wildman–Crippen MR) is 54.5 cm³/mol. The molecular weight excluding hydrogens is 348 g/mol. The summed E-state index contributed by atoms with van der Waals surface area (Å²) >= 11 is 2.74. The number of nitrogens with zero attached hydrogens (tertiary/aromatic N) is 1. The molecule has 0 radical (unpaired) electrons. The van der Waals surface area contributed by atoms with Crippen LogP contribution in [-0.2, 0) is 18.1 Å². The maximum Gasteiger partial charge on any atom is 0.573 e. The number of aliphatic hydroxyl groups excluding tert-OH is 1. The molecule has 1 aromatic rings. The molecule has 0 fully saturated rings. The number of ether oxygens (including phenoxy) is 1. The Morgan fingerprint density at radius 2 is 1.74 bits per heavy atom. The van der Waals surface area contributed by atoms with Crippen molar-refractivity contribution in [1.29, 1.82) is 0 Å². The highest BCUT2D eigenvalue weighted by Gasteiger charge is 2.38. The standard InChI is InChI=1S/C9H6BrF6NO2/c10-2-5-4(8(11,12)13)1-7(6(3-18)17-5)19-9(14,15)16/h1,18H,2-3H2. The van der Waals surface area contributed by atoms with Crippen LogP contribution in [0.25, 0.3) is 0 Å². The number of rotatable bonds is 3. The van der Waals surface area contributed by atoms with E-state index in [2.05, 4.69) is 25.7 Å². The molecule has 108 valence electrons. The van der Waals surface area contributed by atoms with E-state index in [1.807, 2.05) is 0 Å². The molecule has 1 heterocycles. The van der Waals surface area contributed by atoms with Gasteiger partial charge in [0, 0.05) is 5.33 Å². The lowest BCUT2D eigenvalue weighted by molar-refractivity contribution is -0.275.